The van der Waals surface area contributed by atoms with Crippen LogP contribution >= 0.6 is 11.8 Å². The van der Waals surface area contributed by atoms with Gasteiger partial charge in [0.05, 0.1) is 12.0 Å². The van der Waals surface area contributed by atoms with Crippen molar-refractivity contribution in [3.8, 4) is 17.6 Å². The number of amides is 2. The van der Waals surface area contributed by atoms with Crippen molar-refractivity contribution in [3.05, 3.63) is 54.4 Å². The van der Waals surface area contributed by atoms with Gasteiger partial charge in [-0.1, -0.05) is 11.8 Å². The Kier molecular flexibility index (Phi) is 5.21. The minimum atomic E-state index is -4.21. The predicted molar refractivity (Wildman–Crippen MR) is 99.8 cm³/mol. The summed E-state index contributed by atoms with van der Waals surface area (Å²) in [6.07, 6.45) is 2.75. The van der Waals surface area contributed by atoms with Crippen molar-refractivity contribution in [2.75, 3.05) is 7.11 Å². The molecule has 1 aromatic heterocycles. The highest BCUT2D eigenvalue weighted by molar-refractivity contribution is 8.25. The van der Waals surface area contributed by atoms with Gasteiger partial charge >= 0.3 is 0 Å². The molecule has 1 N–H and O–H groups in total. The number of methoxy groups -OCH3 is 1. The van der Waals surface area contributed by atoms with Crippen LogP contribution in [0.3, 0.4) is 0 Å². The number of thioether (sulfide) groups is 1. The van der Waals surface area contributed by atoms with Crippen LogP contribution in [0.25, 0.3) is 0 Å². The van der Waals surface area contributed by atoms with E-state index in [1.165, 1.54) is 37.6 Å². The Hall–Kier alpha value is -2.83. The second-order valence-electron chi connectivity index (χ2n) is 5.50. The standard InChI is InChI=1S/C18H14N2O5S2/c1-25-14-6-8-15(9-7-14)27(23,24)18(16(21)20-17(22)26-18)10-2-4-13-5-3-11-19-12-13/h3,5-9,11-12H,10H2,1H3,(H,20,21,22). The molecule has 9 heteroatoms. The van der Waals surface area contributed by atoms with Gasteiger partial charge in [-0.15, -0.1) is 0 Å². The van der Waals surface area contributed by atoms with Crippen LogP contribution in [-0.2, 0) is 14.6 Å². The first-order valence-electron chi connectivity index (χ1n) is 7.71. The van der Waals surface area contributed by atoms with Gasteiger partial charge in [-0.05, 0) is 48.2 Å². The fourth-order valence-corrected chi connectivity index (χ4v) is 5.56. The molecule has 1 fully saturated rings. The molecule has 2 heterocycles. The monoisotopic (exact) mass is 402 g/mol. The maximum absolute atomic E-state index is 13.2. The number of benzene rings is 1. The van der Waals surface area contributed by atoms with Crippen molar-refractivity contribution < 1.29 is 22.7 Å². The predicted octanol–water partition coefficient (Wildman–Crippen LogP) is 1.98. The first kappa shape index (κ1) is 18.9. The first-order valence-corrected chi connectivity index (χ1v) is 10.0. The second-order valence-corrected chi connectivity index (χ2v) is 9.20. The van der Waals surface area contributed by atoms with Gasteiger partial charge in [0.1, 0.15) is 5.75 Å². The zero-order valence-electron chi connectivity index (χ0n) is 14.1. The molecule has 0 spiro atoms. The Morgan fingerprint density at radius 2 is 1.96 bits per heavy atom. The van der Waals surface area contributed by atoms with E-state index >= 15 is 0 Å². The van der Waals surface area contributed by atoms with E-state index < -0.39 is 25.1 Å². The van der Waals surface area contributed by atoms with E-state index in [1.807, 2.05) is 0 Å². The molecule has 2 aromatic rings. The van der Waals surface area contributed by atoms with Crippen LogP contribution in [0.5, 0.6) is 5.75 Å². The number of carbonyl (C=O) groups is 2. The molecule has 2 amide bonds. The lowest BCUT2D eigenvalue weighted by Gasteiger charge is -2.22. The Bertz CT molecular complexity index is 1040. The largest absolute Gasteiger partial charge is 0.497 e. The summed E-state index contributed by atoms with van der Waals surface area (Å²) in [7, 11) is -2.75. The van der Waals surface area contributed by atoms with E-state index in [0.29, 0.717) is 23.1 Å². The second kappa shape index (κ2) is 7.42. The maximum atomic E-state index is 13.2. The SMILES string of the molecule is COc1ccc(S(=O)(=O)C2(CC#Cc3cccnc3)SC(=O)NC2=O)cc1. The number of pyridine rings is 1. The molecule has 27 heavy (non-hydrogen) atoms. The first-order chi connectivity index (χ1) is 12.9. The average Bonchev–Trinajstić information content (AvgIpc) is 2.97. The van der Waals surface area contributed by atoms with Crippen molar-refractivity contribution >= 4 is 32.7 Å². The van der Waals surface area contributed by atoms with E-state index in [9.17, 15) is 18.0 Å². The number of rotatable bonds is 4. The summed E-state index contributed by atoms with van der Waals surface area (Å²) < 4.78 is 29.4. The summed E-state index contributed by atoms with van der Waals surface area (Å²) in [5, 5.41) is 1.33. The van der Waals surface area contributed by atoms with Crippen LogP contribution in [0.15, 0.2) is 53.7 Å². The quantitative estimate of drug-likeness (QED) is 0.780. The zero-order chi connectivity index (χ0) is 19.5. The van der Waals surface area contributed by atoms with Gasteiger partial charge in [-0.2, -0.15) is 0 Å². The number of nitrogens with one attached hydrogen (secondary N) is 1. The van der Waals surface area contributed by atoms with Crippen molar-refractivity contribution in [2.24, 2.45) is 0 Å². The molecular formula is C18H14N2O5S2. The Morgan fingerprint density at radius 3 is 2.52 bits per heavy atom. The minimum Gasteiger partial charge on any atom is -0.497 e. The van der Waals surface area contributed by atoms with Crippen molar-refractivity contribution in [1.82, 2.24) is 10.3 Å². The third-order valence-electron chi connectivity index (χ3n) is 3.84. The number of aromatic nitrogens is 1. The van der Waals surface area contributed by atoms with Crippen LogP contribution in [0.2, 0.25) is 0 Å². The van der Waals surface area contributed by atoms with Crippen molar-refractivity contribution in [2.45, 2.75) is 15.4 Å². The van der Waals surface area contributed by atoms with Gasteiger partial charge < -0.3 is 4.74 Å². The zero-order valence-corrected chi connectivity index (χ0v) is 15.8. The van der Waals surface area contributed by atoms with Gasteiger partial charge in [-0.3, -0.25) is 19.9 Å². The molecule has 0 saturated carbocycles. The number of hydrogen-bond acceptors (Lipinski definition) is 7. The number of ether oxygens (including phenoxy) is 1. The molecule has 0 radical (unpaired) electrons. The molecule has 138 valence electrons. The Labute approximate surface area is 160 Å². The minimum absolute atomic E-state index is 0.0937. The normalized spacial score (nSPS) is 19.1. The molecule has 1 aliphatic heterocycles. The third kappa shape index (κ3) is 3.54. The summed E-state index contributed by atoms with van der Waals surface area (Å²) in [5.41, 5.74) is 0.573. The van der Waals surface area contributed by atoms with Crippen molar-refractivity contribution in [3.63, 3.8) is 0 Å². The van der Waals surface area contributed by atoms with Crippen LogP contribution in [0, 0.1) is 11.8 Å². The lowest BCUT2D eigenvalue weighted by Crippen LogP contribution is -2.43. The van der Waals surface area contributed by atoms with Gasteiger partial charge in [0.25, 0.3) is 11.1 Å². The van der Waals surface area contributed by atoms with Crippen LogP contribution < -0.4 is 10.1 Å². The number of sulfone groups is 1. The summed E-state index contributed by atoms with van der Waals surface area (Å²) in [6, 6.07) is 9.01. The summed E-state index contributed by atoms with van der Waals surface area (Å²) in [5.74, 6) is 5.05. The summed E-state index contributed by atoms with van der Waals surface area (Å²) >= 11 is 0.431. The van der Waals surface area contributed by atoms with Crippen LogP contribution in [-0.4, -0.2) is 35.7 Å². The highest BCUT2D eigenvalue weighted by Crippen LogP contribution is 2.43. The highest BCUT2D eigenvalue weighted by Gasteiger charge is 2.58. The van der Waals surface area contributed by atoms with E-state index in [-0.39, 0.29) is 11.3 Å². The number of hydrogen-bond donors (Lipinski definition) is 1. The van der Waals surface area contributed by atoms with Gasteiger partial charge in [-0.25, -0.2) is 8.42 Å². The molecule has 1 aliphatic rings. The molecule has 1 atom stereocenters. The Morgan fingerprint density at radius 1 is 1.22 bits per heavy atom. The summed E-state index contributed by atoms with van der Waals surface area (Å²) in [6.45, 7) is 0. The number of imide groups is 1. The number of nitrogens with zero attached hydrogens (tertiary/aromatic N) is 1. The maximum Gasteiger partial charge on any atom is 0.287 e. The molecular weight excluding hydrogens is 388 g/mol. The molecule has 1 unspecified atom stereocenters. The average molecular weight is 402 g/mol. The smallest absolute Gasteiger partial charge is 0.287 e. The fourth-order valence-electron chi connectivity index (χ4n) is 2.44. The van der Waals surface area contributed by atoms with Crippen molar-refractivity contribution in [1.29, 1.82) is 0 Å². The highest BCUT2D eigenvalue weighted by atomic mass is 32.3. The fraction of sp³-hybridized carbons (Fsp3) is 0.167. The molecule has 1 aromatic carbocycles. The van der Waals surface area contributed by atoms with E-state index in [1.54, 1.807) is 18.3 Å². The third-order valence-corrected chi connectivity index (χ3v) is 7.78. The lowest BCUT2D eigenvalue weighted by molar-refractivity contribution is -0.119. The molecule has 0 aliphatic carbocycles. The Balaban J connectivity index is 2.01. The molecule has 3 rings (SSSR count). The topological polar surface area (TPSA) is 102 Å². The summed E-state index contributed by atoms with van der Waals surface area (Å²) in [4.78, 5) is 28.1. The van der Waals surface area contributed by atoms with Gasteiger partial charge in [0.15, 0.2) is 0 Å². The van der Waals surface area contributed by atoms with Crippen LogP contribution in [0.4, 0.5) is 4.79 Å². The van der Waals surface area contributed by atoms with E-state index in [4.69, 9.17) is 4.74 Å². The van der Waals surface area contributed by atoms with Gasteiger partial charge in [0.2, 0.25) is 13.9 Å². The molecule has 1 saturated heterocycles. The van der Waals surface area contributed by atoms with Gasteiger partial charge in [0, 0.05) is 24.4 Å². The number of carbonyl (C=O) groups excluding carboxylic acids is 2. The van der Waals surface area contributed by atoms with Crippen LogP contribution in [0.1, 0.15) is 12.0 Å². The molecule has 0 bridgehead atoms. The molecule has 7 nitrogen and oxygen atoms in total. The lowest BCUT2D eigenvalue weighted by atomic mass is 10.2. The van der Waals surface area contributed by atoms with E-state index in [2.05, 4.69) is 22.1 Å². The van der Waals surface area contributed by atoms with E-state index in [0.717, 1.165) is 0 Å².